The van der Waals surface area contributed by atoms with Crippen LogP contribution in [0, 0.1) is 0 Å². The summed E-state index contributed by atoms with van der Waals surface area (Å²) in [7, 11) is 0. The lowest BCUT2D eigenvalue weighted by Gasteiger charge is -2.19. The molecule has 2 heterocycles. The zero-order chi connectivity index (χ0) is 18.7. The number of nitrogens with one attached hydrogen (secondary N) is 1. The number of fused-ring (bicyclic) bond motifs is 1. The molecule has 1 N–H and O–H groups in total. The number of nitrogens with zero attached hydrogens (tertiary/aromatic N) is 2. The fourth-order valence-electron chi connectivity index (χ4n) is 2.65. The minimum absolute atomic E-state index is 0.0748. The molecule has 0 bridgehead atoms. The van der Waals surface area contributed by atoms with Gasteiger partial charge in [0.15, 0.2) is 5.16 Å². The second-order valence-corrected chi connectivity index (χ2v) is 8.20. The average Bonchev–Trinajstić information content (AvgIpc) is 3.08. The molecule has 138 valence electrons. The van der Waals surface area contributed by atoms with Gasteiger partial charge in [0, 0.05) is 18.5 Å². The van der Waals surface area contributed by atoms with Gasteiger partial charge in [-0.2, -0.15) is 0 Å². The molecule has 1 aliphatic heterocycles. The SMILES string of the molecule is CC(C)(C)c1ccc(OCCNC(=O)c2cnc3n(c2=O)CCS3)cc1. The number of carbonyl (C=O) groups excluding carboxylic acids is 1. The third kappa shape index (κ3) is 4.09. The molecule has 0 atom stereocenters. The van der Waals surface area contributed by atoms with Crippen LogP contribution in [0.25, 0.3) is 0 Å². The summed E-state index contributed by atoms with van der Waals surface area (Å²) in [6.45, 7) is 7.72. The lowest BCUT2D eigenvalue weighted by molar-refractivity contribution is 0.0944. The molecule has 26 heavy (non-hydrogen) atoms. The molecular weight excluding hydrogens is 350 g/mol. The van der Waals surface area contributed by atoms with Crippen molar-refractivity contribution in [1.82, 2.24) is 14.9 Å². The van der Waals surface area contributed by atoms with E-state index in [1.165, 1.54) is 23.5 Å². The van der Waals surface area contributed by atoms with Gasteiger partial charge < -0.3 is 10.1 Å². The first-order chi connectivity index (χ1) is 12.4. The summed E-state index contributed by atoms with van der Waals surface area (Å²) >= 11 is 1.52. The zero-order valence-corrected chi connectivity index (χ0v) is 16.1. The third-order valence-corrected chi connectivity index (χ3v) is 5.15. The molecule has 0 unspecified atom stereocenters. The van der Waals surface area contributed by atoms with Crippen LogP contribution in [0.1, 0.15) is 36.7 Å². The summed E-state index contributed by atoms with van der Waals surface area (Å²) in [4.78, 5) is 28.7. The van der Waals surface area contributed by atoms with Crippen molar-refractivity contribution in [3.8, 4) is 5.75 Å². The van der Waals surface area contributed by atoms with Crippen molar-refractivity contribution in [3.63, 3.8) is 0 Å². The van der Waals surface area contributed by atoms with E-state index in [4.69, 9.17) is 4.74 Å². The lowest BCUT2D eigenvalue weighted by Crippen LogP contribution is -2.35. The molecule has 0 saturated heterocycles. The zero-order valence-electron chi connectivity index (χ0n) is 15.2. The highest BCUT2D eigenvalue weighted by Gasteiger charge is 2.19. The highest BCUT2D eigenvalue weighted by atomic mass is 32.2. The van der Waals surface area contributed by atoms with Gasteiger partial charge in [0.1, 0.15) is 17.9 Å². The largest absolute Gasteiger partial charge is 0.492 e. The topological polar surface area (TPSA) is 73.2 Å². The van der Waals surface area contributed by atoms with E-state index in [0.29, 0.717) is 24.9 Å². The minimum Gasteiger partial charge on any atom is -0.492 e. The van der Waals surface area contributed by atoms with Crippen molar-refractivity contribution in [1.29, 1.82) is 0 Å². The maximum absolute atomic E-state index is 12.3. The summed E-state index contributed by atoms with van der Waals surface area (Å²) in [5.74, 6) is 1.15. The fraction of sp³-hybridized carbons (Fsp3) is 0.421. The molecule has 3 rings (SSSR count). The predicted molar refractivity (Wildman–Crippen MR) is 102 cm³/mol. The predicted octanol–water partition coefficient (Wildman–Crippen LogP) is 2.46. The Kier molecular flexibility index (Phi) is 5.36. The standard InChI is InChI=1S/C19H23N3O3S/c1-19(2,3)13-4-6-14(7-5-13)25-10-8-20-16(23)15-12-21-18-22(17(15)24)9-11-26-18/h4-7,12H,8-11H2,1-3H3,(H,20,23). The monoisotopic (exact) mass is 373 g/mol. The van der Waals surface area contributed by atoms with Crippen LogP contribution in [-0.4, -0.2) is 34.4 Å². The smallest absolute Gasteiger partial charge is 0.267 e. The number of benzene rings is 1. The molecule has 1 aromatic heterocycles. The number of carbonyl (C=O) groups is 1. The van der Waals surface area contributed by atoms with Gasteiger partial charge in [-0.15, -0.1) is 0 Å². The van der Waals surface area contributed by atoms with E-state index in [1.54, 1.807) is 4.57 Å². The van der Waals surface area contributed by atoms with Gasteiger partial charge >= 0.3 is 0 Å². The first-order valence-electron chi connectivity index (χ1n) is 8.60. The molecule has 1 amide bonds. The molecule has 1 aliphatic rings. The molecule has 6 nitrogen and oxygen atoms in total. The highest BCUT2D eigenvalue weighted by molar-refractivity contribution is 7.99. The summed E-state index contributed by atoms with van der Waals surface area (Å²) < 4.78 is 7.20. The van der Waals surface area contributed by atoms with Gasteiger partial charge in [0.25, 0.3) is 11.5 Å². The first kappa shape index (κ1) is 18.5. The molecule has 7 heteroatoms. The van der Waals surface area contributed by atoms with E-state index in [2.05, 4.69) is 31.1 Å². The van der Waals surface area contributed by atoms with Gasteiger partial charge in [-0.25, -0.2) is 4.98 Å². The number of hydrogen-bond acceptors (Lipinski definition) is 5. The van der Waals surface area contributed by atoms with E-state index in [9.17, 15) is 9.59 Å². The van der Waals surface area contributed by atoms with Crippen LogP contribution in [0.5, 0.6) is 5.75 Å². The third-order valence-electron chi connectivity index (χ3n) is 4.18. The van der Waals surface area contributed by atoms with Crippen molar-refractivity contribution in [2.45, 2.75) is 37.9 Å². The Morgan fingerprint density at radius 3 is 2.73 bits per heavy atom. The van der Waals surface area contributed by atoms with Crippen LogP contribution in [0.2, 0.25) is 0 Å². The van der Waals surface area contributed by atoms with Gasteiger partial charge in [0.05, 0.1) is 6.54 Å². The normalized spacial score (nSPS) is 13.3. The number of amides is 1. The number of thioether (sulfide) groups is 1. The Balaban J connectivity index is 1.51. The Labute approximate surface area is 157 Å². The Morgan fingerprint density at radius 2 is 2.04 bits per heavy atom. The number of rotatable bonds is 5. The van der Waals surface area contributed by atoms with E-state index < -0.39 is 5.91 Å². The van der Waals surface area contributed by atoms with Crippen LogP contribution in [0.15, 0.2) is 40.4 Å². The average molecular weight is 373 g/mol. The number of hydrogen-bond donors (Lipinski definition) is 1. The van der Waals surface area contributed by atoms with E-state index in [0.717, 1.165) is 11.5 Å². The van der Waals surface area contributed by atoms with Gasteiger partial charge in [-0.3, -0.25) is 14.2 Å². The van der Waals surface area contributed by atoms with Crippen molar-refractivity contribution in [3.05, 3.63) is 51.9 Å². The van der Waals surface area contributed by atoms with Crippen molar-refractivity contribution in [2.75, 3.05) is 18.9 Å². The fourth-order valence-corrected chi connectivity index (χ4v) is 3.57. The summed E-state index contributed by atoms with van der Waals surface area (Å²) in [5.41, 5.74) is 1.13. The quantitative estimate of drug-likeness (QED) is 0.644. The Hall–Kier alpha value is -2.28. The number of ether oxygens (including phenoxy) is 1. The molecule has 1 aromatic carbocycles. The van der Waals surface area contributed by atoms with Crippen LogP contribution in [0.3, 0.4) is 0 Å². The summed E-state index contributed by atoms with van der Waals surface area (Å²) in [5, 5.41) is 3.39. The second kappa shape index (κ2) is 7.53. The Bertz CT molecular complexity index is 854. The molecule has 0 saturated carbocycles. The van der Waals surface area contributed by atoms with Crippen molar-refractivity contribution in [2.24, 2.45) is 0 Å². The summed E-state index contributed by atoms with van der Waals surface area (Å²) in [6.07, 6.45) is 1.36. The van der Waals surface area contributed by atoms with Crippen LogP contribution in [0.4, 0.5) is 0 Å². The van der Waals surface area contributed by atoms with Crippen LogP contribution < -0.4 is 15.6 Å². The first-order valence-corrected chi connectivity index (χ1v) is 9.59. The molecular formula is C19H23N3O3S. The van der Waals surface area contributed by atoms with Crippen LogP contribution in [-0.2, 0) is 12.0 Å². The highest BCUT2D eigenvalue weighted by Crippen LogP contribution is 2.24. The van der Waals surface area contributed by atoms with E-state index >= 15 is 0 Å². The lowest BCUT2D eigenvalue weighted by atomic mass is 9.87. The molecule has 0 spiro atoms. The molecule has 0 fully saturated rings. The van der Waals surface area contributed by atoms with Crippen molar-refractivity contribution >= 4 is 17.7 Å². The van der Waals surface area contributed by atoms with Gasteiger partial charge in [-0.05, 0) is 23.1 Å². The summed E-state index contributed by atoms with van der Waals surface area (Å²) in [6, 6.07) is 7.94. The maximum Gasteiger partial charge on any atom is 0.267 e. The van der Waals surface area contributed by atoms with E-state index in [1.807, 2.05) is 24.3 Å². The maximum atomic E-state index is 12.3. The molecule has 0 radical (unpaired) electrons. The van der Waals surface area contributed by atoms with Gasteiger partial charge in [-0.1, -0.05) is 44.7 Å². The molecule has 0 aliphatic carbocycles. The number of aromatic nitrogens is 2. The second-order valence-electron chi connectivity index (χ2n) is 7.14. The van der Waals surface area contributed by atoms with Crippen LogP contribution >= 0.6 is 11.8 Å². The van der Waals surface area contributed by atoms with E-state index in [-0.39, 0.29) is 16.5 Å². The van der Waals surface area contributed by atoms with Gasteiger partial charge in [0.2, 0.25) is 0 Å². The Morgan fingerprint density at radius 1 is 1.31 bits per heavy atom. The molecule has 2 aromatic rings. The van der Waals surface area contributed by atoms with Crippen molar-refractivity contribution < 1.29 is 9.53 Å². The minimum atomic E-state index is -0.415.